The molecule has 0 saturated carbocycles. The highest BCUT2D eigenvalue weighted by Crippen LogP contribution is 2.30. The third kappa shape index (κ3) is 4.97. The van der Waals surface area contributed by atoms with Crippen molar-refractivity contribution in [2.75, 3.05) is 19.6 Å². The Balaban J connectivity index is 2.50. The molecule has 1 fully saturated rings. The third-order valence-corrected chi connectivity index (χ3v) is 4.04. The van der Waals surface area contributed by atoms with Crippen molar-refractivity contribution in [1.82, 2.24) is 10.2 Å². The van der Waals surface area contributed by atoms with Crippen LogP contribution >= 0.6 is 0 Å². The smallest absolute Gasteiger partial charge is 0.222 e. The van der Waals surface area contributed by atoms with Crippen LogP contribution in [0.1, 0.15) is 59.8 Å². The molecule has 0 aromatic heterocycles. The normalized spacial score (nSPS) is 21.8. The Morgan fingerprint density at radius 1 is 1.33 bits per heavy atom. The molecule has 1 saturated heterocycles. The van der Waals surface area contributed by atoms with Crippen LogP contribution < -0.4 is 5.32 Å². The van der Waals surface area contributed by atoms with E-state index in [1.54, 1.807) is 0 Å². The van der Waals surface area contributed by atoms with Gasteiger partial charge in [0.05, 0.1) is 0 Å². The van der Waals surface area contributed by atoms with Gasteiger partial charge in [-0.1, -0.05) is 27.7 Å². The van der Waals surface area contributed by atoms with Crippen LogP contribution in [0.4, 0.5) is 0 Å². The number of amides is 1. The van der Waals surface area contributed by atoms with Crippen LogP contribution in [0.5, 0.6) is 0 Å². The summed E-state index contributed by atoms with van der Waals surface area (Å²) >= 11 is 0. The van der Waals surface area contributed by atoms with Gasteiger partial charge in [0.25, 0.3) is 0 Å². The van der Waals surface area contributed by atoms with E-state index in [0.717, 1.165) is 51.7 Å². The molecule has 1 N–H and O–H groups in total. The predicted molar refractivity (Wildman–Crippen MR) is 76.6 cm³/mol. The van der Waals surface area contributed by atoms with Crippen molar-refractivity contribution in [2.24, 2.45) is 5.41 Å². The molecule has 1 heterocycles. The molecule has 106 valence electrons. The molecule has 1 atom stereocenters. The number of carbonyl (C=O) groups is 1. The van der Waals surface area contributed by atoms with Gasteiger partial charge >= 0.3 is 0 Å². The molecule has 3 nitrogen and oxygen atoms in total. The van der Waals surface area contributed by atoms with E-state index in [0.29, 0.717) is 17.4 Å². The van der Waals surface area contributed by atoms with Crippen molar-refractivity contribution in [3.05, 3.63) is 0 Å². The zero-order valence-corrected chi connectivity index (χ0v) is 12.6. The van der Waals surface area contributed by atoms with E-state index in [1.165, 1.54) is 0 Å². The van der Waals surface area contributed by atoms with Gasteiger partial charge in [-0.05, 0) is 37.6 Å². The number of carbonyl (C=O) groups excluding carboxylic acids is 1. The molecule has 1 aliphatic heterocycles. The maximum absolute atomic E-state index is 12.1. The highest BCUT2D eigenvalue weighted by atomic mass is 16.2. The topological polar surface area (TPSA) is 32.3 Å². The van der Waals surface area contributed by atoms with Crippen molar-refractivity contribution in [3.63, 3.8) is 0 Å². The monoisotopic (exact) mass is 254 g/mol. The Labute approximate surface area is 112 Å². The average Bonchev–Trinajstić information content (AvgIpc) is 2.46. The predicted octanol–water partition coefficient (Wildman–Crippen LogP) is 2.80. The van der Waals surface area contributed by atoms with Crippen molar-refractivity contribution < 1.29 is 4.79 Å². The standard InChI is InChI=1S/C15H30N2O/c1-5-10-16-13(6-2)12-17-11-9-15(3,4)8-7-14(17)18/h13,16H,5-12H2,1-4H3. The first-order chi connectivity index (χ1) is 8.48. The van der Waals surface area contributed by atoms with Crippen LogP contribution in [0, 0.1) is 5.41 Å². The van der Waals surface area contributed by atoms with Crippen molar-refractivity contribution in [2.45, 2.75) is 65.8 Å². The van der Waals surface area contributed by atoms with E-state index in [-0.39, 0.29) is 0 Å². The number of hydrogen-bond donors (Lipinski definition) is 1. The van der Waals surface area contributed by atoms with E-state index < -0.39 is 0 Å². The first-order valence-corrected chi connectivity index (χ1v) is 7.49. The van der Waals surface area contributed by atoms with Crippen molar-refractivity contribution in [1.29, 1.82) is 0 Å². The van der Waals surface area contributed by atoms with Crippen LogP contribution in [0.2, 0.25) is 0 Å². The van der Waals surface area contributed by atoms with Gasteiger partial charge in [-0.15, -0.1) is 0 Å². The molecular weight excluding hydrogens is 224 g/mol. The largest absolute Gasteiger partial charge is 0.341 e. The Bertz CT molecular complexity index is 263. The Morgan fingerprint density at radius 3 is 2.67 bits per heavy atom. The number of nitrogens with zero attached hydrogens (tertiary/aromatic N) is 1. The maximum atomic E-state index is 12.1. The minimum Gasteiger partial charge on any atom is -0.341 e. The molecule has 1 unspecified atom stereocenters. The SMILES string of the molecule is CCCNC(CC)CN1CCC(C)(C)CCC1=O. The summed E-state index contributed by atoms with van der Waals surface area (Å²) in [4.78, 5) is 14.2. The highest BCUT2D eigenvalue weighted by Gasteiger charge is 2.28. The van der Waals surface area contributed by atoms with Gasteiger partial charge in [0.1, 0.15) is 0 Å². The average molecular weight is 254 g/mol. The van der Waals surface area contributed by atoms with Gasteiger partial charge in [-0.25, -0.2) is 0 Å². The van der Waals surface area contributed by atoms with E-state index in [1.807, 2.05) is 0 Å². The zero-order chi connectivity index (χ0) is 13.6. The molecule has 3 heteroatoms. The molecule has 0 spiro atoms. The highest BCUT2D eigenvalue weighted by molar-refractivity contribution is 5.76. The molecule has 0 bridgehead atoms. The fourth-order valence-electron chi connectivity index (χ4n) is 2.44. The second-order valence-corrected chi connectivity index (χ2v) is 6.31. The van der Waals surface area contributed by atoms with E-state index in [2.05, 4.69) is 37.9 Å². The molecule has 0 aliphatic carbocycles. The Morgan fingerprint density at radius 2 is 2.06 bits per heavy atom. The van der Waals surface area contributed by atoms with Crippen LogP contribution in [0.3, 0.4) is 0 Å². The maximum Gasteiger partial charge on any atom is 0.222 e. The molecule has 1 aliphatic rings. The van der Waals surface area contributed by atoms with Gasteiger partial charge < -0.3 is 10.2 Å². The first kappa shape index (κ1) is 15.5. The molecule has 0 aromatic rings. The zero-order valence-electron chi connectivity index (χ0n) is 12.6. The second kappa shape index (κ2) is 7.13. The first-order valence-electron chi connectivity index (χ1n) is 7.49. The van der Waals surface area contributed by atoms with E-state index >= 15 is 0 Å². The van der Waals surface area contributed by atoms with Gasteiger partial charge in [-0.3, -0.25) is 4.79 Å². The van der Waals surface area contributed by atoms with Gasteiger partial charge in [0.2, 0.25) is 5.91 Å². The van der Waals surface area contributed by atoms with E-state index in [4.69, 9.17) is 0 Å². The number of nitrogens with one attached hydrogen (secondary N) is 1. The Kier molecular flexibility index (Phi) is 6.13. The van der Waals surface area contributed by atoms with Crippen LogP contribution in [-0.2, 0) is 4.79 Å². The third-order valence-electron chi connectivity index (χ3n) is 4.04. The molecule has 1 amide bonds. The van der Waals surface area contributed by atoms with Gasteiger partial charge in [0, 0.05) is 25.6 Å². The lowest BCUT2D eigenvalue weighted by Crippen LogP contribution is -2.43. The number of hydrogen-bond acceptors (Lipinski definition) is 2. The number of likely N-dealkylation sites (tertiary alicyclic amines) is 1. The summed E-state index contributed by atoms with van der Waals surface area (Å²) in [5.74, 6) is 0.345. The summed E-state index contributed by atoms with van der Waals surface area (Å²) in [6.07, 6.45) is 5.12. The summed E-state index contributed by atoms with van der Waals surface area (Å²) in [7, 11) is 0. The van der Waals surface area contributed by atoms with Gasteiger partial charge in [-0.2, -0.15) is 0 Å². The summed E-state index contributed by atoms with van der Waals surface area (Å²) < 4.78 is 0. The fraction of sp³-hybridized carbons (Fsp3) is 0.933. The lowest BCUT2D eigenvalue weighted by Gasteiger charge is -2.27. The molecule has 1 rings (SSSR count). The molecule has 0 radical (unpaired) electrons. The minimum absolute atomic E-state index is 0.322. The summed E-state index contributed by atoms with van der Waals surface area (Å²) in [5, 5.41) is 3.53. The summed E-state index contributed by atoms with van der Waals surface area (Å²) in [5.41, 5.74) is 0.322. The van der Waals surface area contributed by atoms with E-state index in [9.17, 15) is 4.79 Å². The van der Waals surface area contributed by atoms with Crippen molar-refractivity contribution >= 4 is 5.91 Å². The quantitative estimate of drug-likeness (QED) is 0.790. The summed E-state index contributed by atoms with van der Waals surface area (Å²) in [6.45, 7) is 11.8. The van der Waals surface area contributed by atoms with Crippen LogP contribution in [0.25, 0.3) is 0 Å². The lowest BCUT2D eigenvalue weighted by molar-refractivity contribution is -0.131. The lowest BCUT2D eigenvalue weighted by atomic mass is 9.85. The van der Waals surface area contributed by atoms with Crippen LogP contribution in [-0.4, -0.2) is 36.5 Å². The Hall–Kier alpha value is -0.570. The summed E-state index contributed by atoms with van der Waals surface area (Å²) in [6, 6.07) is 0.454. The van der Waals surface area contributed by atoms with Gasteiger partial charge in [0.15, 0.2) is 0 Å². The second-order valence-electron chi connectivity index (χ2n) is 6.31. The minimum atomic E-state index is 0.322. The molecule has 18 heavy (non-hydrogen) atoms. The van der Waals surface area contributed by atoms with Crippen molar-refractivity contribution in [3.8, 4) is 0 Å². The molecular formula is C15H30N2O. The van der Waals surface area contributed by atoms with Crippen LogP contribution in [0.15, 0.2) is 0 Å². The fourth-order valence-corrected chi connectivity index (χ4v) is 2.44. The number of rotatable bonds is 6. The molecule has 0 aromatic carbocycles.